The van der Waals surface area contributed by atoms with E-state index in [0.29, 0.717) is 22.6 Å². The molecule has 0 radical (unpaired) electrons. The lowest BCUT2D eigenvalue weighted by molar-refractivity contribution is 0.0308. The number of aryl methyl sites for hydroxylation is 1. The third kappa shape index (κ3) is 3.05. The van der Waals surface area contributed by atoms with E-state index in [1.165, 1.54) is 11.9 Å². The minimum atomic E-state index is -0.923. The third-order valence-corrected chi connectivity index (χ3v) is 5.89. The number of benzene rings is 1. The molecular formula is C18H21N5O2S. The van der Waals surface area contributed by atoms with Crippen molar-refractivity contribution in [3.63, 3.8) is 0 Å². The number of hydrogen-bond acceptors (Lipinski definition) is 7. The van der Waals surface area contributed by atoms with E-state index in [1.54, 1.807) is 18.0 Å². The standard InChI is InChI=1S/C18H21N5O2S/c1-9-3-2-4-10(5-9)26-7-12-16(24)17(25)14(23-12)11-6-20-15-13(11)21-8-22-18(15)19/h2-6,8,12,14,16-17,20,23-25H,7H2,1H3,(H2,19,21,22)/t12-,14+,16-,17+/m1/s1. The highest BCUT2D eigenvalue weighted by Crippen LogP contribution is 2.34. The maximum Gasteiger partial charge on any atom is 0.151 e. The maximum absolute atomic E-state index is 10.6. The summed E-state index contributed by atoms with van der Waals surface area (Å²) in [4.78, 5) is 12.4. The van der Waals surface area contributed by atoms with Crippen molar-refractivity contribution in [1.29, 1.82) is 0 Å². The van der Waals surface area contributed by atoms with Crippen molar-refractivity contribution in [3.8, 4) is 0 Å². The largest absolute Gasteiger partial charge is 0.389 e. The lowest BCUT2D eigenvalue weighted by Crippen LogP contribution is -2.35. The van der Waals surface area contributed by atoms with Crippen LogP contribution in [0.25, 0.3) is 11.0 Å². The summed E-state index contributed by atoms with van der Waals surface area (Å²) in [5.74, 6) is 1.01. The number of H-pyrrole nitrogens is 1. The number of anilines is 1. The Morgan fingerprint density at radius 3 is 2.88 bits per heavy atom. The second kappa shape index (κ2) is 6.88. The van der Waals surface area contributed by atoms with E-state index in [2.05, 4.69) is 39.3 Å². The van der Waals surface area contributed by atoms with Gasteiger partial charge in [-0.2, -0.15) is 0 Å². The van der Waals surface area contributed by atoms with Gasteiger partial charge in [0.1, 0.15) is 17.9 Å². The van der Waals surface area contributed by atoms with Gasteiger partial charge in [0.2, 0.25) is 0 Å². The number of rotatable bonds is 4. The molecule has 0 aliphatic carbocycles. The number of aromatic amines is 1. The third-order valence-electron chi connectivity index (χ3n) is 4.77. The van der Waals surface area contributed by atoms with Gasteiger partial charge in [0.05, 0.1) is 17.7 Å². The second-order valence-corrected chi connectivity index (χ2v) is 7.68. The summed E-state index contributed by atoms with van der Waals surface area (Å²) < 4.78 is 0. The van der Waals surface area contributed by atoms with Gasteiger partial charge in [0, 0.05) is 28.5 Å². The van der Waals surface area contributed by atoms with Crippen LogP contribution in [-0.4, -0.2) is 49.2 Å². The molecule has 7 nitrogen and oxygen atoms in total. The van der Waals surface area contributed by atoms with Crippen molar-refractivity contribution in [1.82, 2.24) is 20.3 Å². The van der Waals surface area contributed by atoms with Crippen LogP contribution in [0.15, 0.2) is 41.7 Å². The first-order valence-electron chi connectivity index (χ1n) is 8.43. The summed E-state index contributed by atoms with van der Waals surface area (Å²) in [5.41, 5.74) is 9.15. The van der Waals surface area contributed by atoms with Crippen molar-refractivity contribution in [2.24, 2.45) is 0 Å². The highest BCUT2D eigenvalue weighted by atomic mass is 32.2. The van der Waals surface area contributed by atoms with Gasteiger partial charge >= 0.3 is 0 Å². The van der Waals surface area contributed by atoms with Gasteiger partial charge in [-0.05, 0) is 19.1 Å². The minimum Gasteiger partial charge on any atom is -0.389 e. The summed E-state index contributed by atoms with van der Waals surface area (Å²) in [6.07, 6.45) is 1.38. The molecule has 1 aromatic carbocycles. The van der Waals surface area contributed by atoms with E-state index in [1.807, 2.05) is 12.1 Å². The molecule has 2 aromatic heterocycles. The number of hydrogen-bond donors (Lipinski definition) is 5. The molecule has 3 heterocycles. The van der Waals surface area contributed by atoms with Crippen LogP contribution in [0.1, 0.15) is 17.2 Å². The zero-order valence-electron chi connectivity index (χ0n) is 14.3. The fraction of sp³-hybridized carbons (Fsp3) is 0.333. The first kappa shape index (κ1) is 17.3. The number of aromatic nitrogens is 3. The zero-order valence-corrected chi connectivity index (χ0v) is 15.1. The Labute approximate surface area is 155 Å². The molecule has 4 atom stereocenters. The van der Waals surface area contributed by atoms with Crippen LogP contribution in [0.4, 0.5) is 5.82 Å². The first-order chi connectivity index (χ1) is 12.5. The van der Waals surface area contributed by atoms with E-state index in [9.17, 15) is 10.2 Å². The molecule has 1 aliphatic heterocycles. The van der Waals surface area contributed by atoms with Crippen molar-refractivity contribution in [2.75, 3.05) is 11.5 Å². The fourth-order valence-electron chi connectivity index (χ4n) is 3.39. The molecule has 1 aliphatic rings. The molecular weight excluding hydrogens is 350 g/mol. The number of aliphatic hydroxyl groups excluding tert-OH is 2. The van der Waals surface area contributed by atoms with Crippen LogP contribution in [0.5, 0.6) is 0 Å². The molecule has 0 spiro atoms. The van der Waals surface area contributed by atoms with Crippen LogP contribution in [0.2, 0.25) is 0 Å². The maximum atomic E-state index is 10.6. The Hall–Kier alpha value is -2.13. The Morgan fingerprint density at radius 1 is 1.23 bits per heavy atom. The predicted molar refractivity (Wildman–Crippen MR) is 102 cm³/mol. The van der Waals surface area contributed by atoms with E-state index in [4.69, 9.17) is 5.73 Å². The Bertz CT molecular complexity index is 931. The van der Waals surface area contributed by atoms with E-state index in [-0.39, 0.29) is 6.04 Å². The molecule has 136 valence electrons. The summed E-state index contributed by atoms with van der Waals surface area (Å²) in [6.45, 7) is 2.05. The summed E-state index contributed by atoms with van der Waals surface area (Å²) in [6, 6.07) is 7.58. The summed E-state index contributed by atoms with van der Waals surface area (Å²) in [7, 11) is 0. The Balaban J connectivity index is 1.53. The molecule has 6 N–H and O–H groups in total. The molecule has 1 fully saturated rings. The van der Waals surface area contributed by atoms with Crippen molar-refractivity contribution in [2.45, 2.75) is 36.1 Å². The quantitative estimate of drug-likeness (QED) is 0.439. The van der Waals surface area contributed by atoms with E-state index in [0.717, 1.165) is 10.5 Å². The van der Waals surface area contributed by atoms with Gasteiger partial charge in [-0.1, -0.05) is 17.7 Å². The van der Waals surface area contributed by atoms with Crippen LogP contribution < -0.4 is 11.1 Å². The SMILES string of the molecule is Cc1cccc(SC[C@H]2N[C@@H](c3c[nH]c4c(N)ncnc34)[C@H](O)[C@@H]2O)c1. The highest BCUT2D eigenvalue weighted by molar-refractivity contribution is 7.99. The smallest absolute Gasteiger partial charge is 0.151 e. The van der Waals surface area contributed by atoms with E-state index < -0.39 is 18.2 Å². The molecule has 1 saturated heterocycles. The number of nitrogens with two attached hydrogens (primary N) is 1. The van der Waals surface area contributed by atoms with E-state index >= 15 is 0 Å². The van der Waals surface area contributed by atoms with Gasteiger partial charge in [-0.15, -0.1) is 11.8 Å². The van der Waals surface area contributed by atoms with Crippen molar-refractivity contribution in [3.05, 3.63) is 47.9 Å². The Kier molecular flexibility index (Phi) is 4.58. The number of nitrogen functional groups attached to an aromatic ring is 1. The molecule has 4 rings (SSSR count). The van der Waals surface area contributed by atoms with Crippen LogP contribution in [0.3, 0.4) is 0 Å². The van der Waals surface area contributed by atoms with Gasteiger partial charge in [-0.3, -0.25) is 0 Å². The van der Waals surface area contributed by atoms with Gasteiger partial charge in [0.25, 0.3) is 0 Å². The zero-order chi connectivity index (χ0) is 18.3. The number of nitrogens with one attached hydrogen (secondary N) is 2. The first-order valence-corrected chi connectivity index (χ1v) is 9.42. The van der Waals surface area contributed by atoms with Gasteiger partial charge < -0.3 is 26.2 Å². The Morgan fingerprint density at radius 2 is 2.08 bits per heavy atom. The molecule has 0 unspecified atom stereocenters. The lowest BCUT2D eigenvalue weighted by atomic mass is 10.0. The van der Waals surface area contributed by atoms with Crippen LogP contribution in [-0.2, 0) is 0 Å². The number of thioether (sulfide) groups is 1. The molecule has 0 bridgehead atoms. The number of nitrogens with zero attached hydrogens (tertiary/aromatic N) is 2. The van der Waals surface area contributed by atoms with Gasteiger partial charge in [0.15, 0.2) is 5.82 Å². The summed E-state index contributed by atoms with van der Waals surface area (Å²) >= 11 is 1.66. The summed E-state index contributed by atoms with van der Waals surface area (Å²) in [5, 5.41) is 24.4. The molecule has 3 aromatic rings. The molecule has 0 saturated carbocycles. The van der Waals surface area contributed by atoms with Gasteiger partial charge in [-0.25, -0.2) is 9.97 Å². The molecule has 26 heavy (non-hydrogen) atoms. The normalized spacial score (nSPS) is 25.8. The molecule has 8 heteroatoms. The average molecular weight is 371 g/mol. The van der Waals surface area contributed by atoms with Crippen molar-refractivity contribution >= 4 is 28.6 Å². The number of fused-ring (bicyclic) bond motifs is 1. The molecule has 0 amide bonds. The second-order valence-electron chi connectivity index (χ2n) is 6.59. The van der Waals surface area contributed by atoms with Crippen LogP contribution >= 0.6 is 11.8 Å². The highest BCUT2D eigenvalue weighted by Gasteiger charge is 2.42. The predicted octanol–water partition coefficient (Wildman–Crippen LogP) is 1.38. The number of aliphatic hydroxyl groups is 2. The lowest BCUT2D eigenvalue weighted by Gasteiger charge is -2.15. The fourth-order valence-corrected chi connectivity index (χ4v) is 4.50. The minimum absolute atomic E-state index is 0.232. The average Bonchev–Trinajstić information content (AvgIpc) is 3.17. The monoisotopic (exact) mass is 371 g/mol. The van der Waals surface area contributed by atoms with Crippen molar-refractivity contribution < 1.29 is 10.2 Å². The van der Waals surface area contributed by atoms with Crippen LogP contribution in [0, 0.1) is 6.92 Å². The topological polar surface area (TPSA) is 120 Å².